The largest absolute Gasteiger partial charge is 0.493 e. The van der Waals surface area contributed by atoms with Crippen molar-refractivity contribution in [3.05, 3.63) is 96.7 Å². The normalized spacial score (nSPS) is 15.4. The first-order valence-corrected chi connectivity index (χ1v) is 12.4. The quantitative estimate of drug-likeness (QED) is 0.351. The van der Waals surface area contributed by atoms with Crippen LogP contribution in [0.25, 0.3) is 12.2 Å². The molecule has 9 heteroatoms. The van der Waals surface area contributed by atoms with Gasteiger partial charge in [-0.25, -0.2) is 9.79 Å². The smallest absolute Gasteiger partial charge is 0.338 e. The van der Waals surface area contributed by atoms with Gasteiger partial charge in [0.1, 0.15) is 0 Å². The van der Waals surface area contributed by atoms with E-state index in [0.29, 0.717) is 26.3 Å². The number of fused-ring (bicyclic) bond motifs is 1. The number of hydrogen-bond acceptors (Lipinski definition) is 8. The second kappa shape index (κ2) is 11.2. The number of thiazole rings is 1. The number of carbonyl (C=O) groups excluding carboxylic acids is 2. The van der Waals surface area contributed by atoms with Crippen molar-refractivity contribution in [1.82, 2.24) is 4.57 Å². The van der Waals surface area contributed by atoms with E-state index >= 15 is 0 Å². The fourth-order valence-electron chi connectivity index (χ4n) is 4.03. The zero-order chi connectivity index (χ0) is 26.5. The van der Waals surface area contributed by atoms with Crippen LogP contribution in [-0.2, 0) is 14.3 Å². The average Bonchev–Trinajstić information content (AvgIpc) is 3.18. The second-order valence-electron chi connectivity index (χ2n) is 8.10. The van der Waals surface area contributed by atoms with Gasteiger partial charge in [-0.1, -0.05) is 59.9 Å². The van der Waals surface area contributed by atoms with E-state index in [4.69, 9.17) is 14.2 Å². The molecule has 0 bridgehead atoms. The summed E-state index contributed by atoms with van der Waals surface area (Å²) in [5.41, 5.74) is 2.01. The van der Waals surface area contributed by atoms with Crippen LogP contribution in [0.4, 0.5) is 0 Å². The summed E-state index contributed by atoms with van der Waals surface area (Å²) in [6.07, 6.45) is 5.46. The topological polar surface area (TPSA) is 96.2 Å². The molecule has 0 aliphatic carbocycles. The lowest BCUT2D eigenvalue weighted by atomic mass is 9.95. The van der Waals surface area contributed by atoms with Crippen molar-refractivity contribution in [2.24, 2.45) is 4.99 Å². The van der Waals surface area contributed by atoms with Crippen molar-refractivity contribution in [2.75, 3.05) is 13.7 Å². The number of ether oxygens (including phenoxy) is 3. The summed E-state index contributed by atoms with van der Waals surface area (Å²) in [4.78, 5) is 43.2. The molecule has 3 aromatic rings. The summed E-state index contributed by atoms with van der Waals surface area (Å²) in [7, 11) is 1.45. The molecule has 0 spiro atoms. The van der Waals surface area contributed by atoms with Gasteiger partial charge in [0.25, 0.3) is 5.56 Å². The summed E-state index contributed by atoms with van der Waals surface area (Å²) in [5, 5.41) is 0. The van der Waals surface area contributed by atoms with E-state index in [2.05, 4.69) is 4.99 Å². The predicted molar refractivity (Wildman–Crippen MR) is 141 cm³/mol. The molecule has 0 N–H and O–H groups in total. The van der Waals surface area contributed by atoms with Crippen molar-refractivity contribution in [3.63, 3.8) is 0 Å². The molecule has 8 nitrogen and oxygen atoms in total. The Morgan fingerprint density at radius 1 is 1.14 bits per heavy atom. The SMILES string of the molecule is CCOC(=O)C1=C(C)N=c2sc(=CC=Cc3ccccc3)c(=O)n2C1c1ccc(OC(C)=O)c(OC)c1. The third kappa shape index (κ3) is 5.46. The number of esters is 2. The molecule has 4 rings (SSSR count). The highest BCUT2D eigenvalue weighted by Crippen LogP contribution is 2.36. The maximum absolute atomic E-state index is 13.6. The summed E-state index contributed by atoms with van der Waals surface area (Å²) in [6.45, 7) is 4.90. The zero-order valence-electron chi connectivity index (χ0n) is 20.9. The molecule has 1 unspecified atom stereocenters. The molecule has 0 fully saturated rings. The minimum Gasteiger partial charge on any atom is -0.493 e. The lowest BCUT2D eigenvalue weighted by Gasteiger charge is -2.25. The highest BCUT2D eigenvalue weighted by molar-refractivity contribution is 7.07. The standard InChI is InChI=1S/C28H26N2O6S/c1-5-35-27(33)24-17(2)29-28-30(25(24)20-14-15-21(36-18(3)31)22(16-20)34-4)26(32)23(37-28)13-9-12-19-10-7-6-8-11-19/h6-16,25H,5H2,1-4H3. The van der Waals surface area contributed by atoms with Crippen LogP contribution in [0.5, 0.6) is 11.5 Å². The van der Waals surface area contributed by atoms with Crippen molar-refractivity contribution in [2.45, 2.75) is 26.8 Å². The molecule has 1 aliphatic rings. The third-order valence-electron chi connectivity index (χ3n) is 5.61. The first-order valence-electron chi connectivity index (χ1n) is 11.6. The lowest BCUT2D eigenvalue weighted by molar-refractivity contribution is -0.139. The molecule has 1 aromatic heterocycles. The number of rotatable bonds is 7. The molecule has 2 aromatic carbocycles. The Morgan fingerprint density at radius 2 is 1.89 bits per heavy atom. The van der Waals surface area contributed by atoms with Crippen molar-refractivity contribution >= 4 is 35.4 Å². The summed E-state index contributed by atoms with van der Waals surface area (Å²) in [5.74, 6) is -0.533. The van der Waals surface area contributed by atoms with Crippen LogP contribution < -0.4 is 24.4 Å². The number of carbonyl (C=O) groups is 2. The molecule has 0 amide bonds. The summed E-state index contributed by atoms with van der Waals surface area (Å²) >= 11 is 1.24. The minimum absolute atomic E-state index is 0.172. The fourth-order valence-corrected chi connectivity index (χ4v) is 5.02. The van der Waals surface area contributed by atoms with Crippen LogP contribution in [0.2, 0.25) is 0 Å². The molecule has 0 radical (unpaired) electrons. The molecule has 1 atom stereocenters. The van der Waals surface area contributed by atoms with Crippen LogP contribution >= 0.6 is 11.3 Å². The van der Waals surface area contributed by atoms with E-state index in [1.807, 2.05) is 42.5 Å². The Balaban J connectivity index is 1.88. The highest BCUT2D eigenvalue weighted by Gasteiger charge is 2.34. The van der Waals surface area contributed by atoms with Gasteiger partial charge in [-0.15, -0.1) is 0 Å². The Labute approximate surface area is 217 Å². The van der Waals surface area contributed by atoms with E-state index < -0.39 is 18.0 Å². The maximum Gasteiger partial charge on any atom is 0.338 e. The number of nitrogens with zero attached hydrogens (tertiary/aromatic N) is 2. The molecule has 2 heterocycles. The first kappa shape index (κ1) is 25.8. The number of allylic oxidation sites excluding steroid dienone is 2. The van der Waals surface area contributed by atoms with Gasteiger partial charge in [-0.2, -0.15) is 0 Å². The monoisotopic (exact) mass is 518 g/mol. The van der Waals surface area contributed by atoms with E-state index in [0.717, 1.165) is 5.56 Å². The van der Waals surface area contributed by atoms with Gasteiger partial charge in [0.2, 0.25) is 0 Å². The van der Waals surface area contributed by atoms with Crippen LogP contribution in [0.3, 0.4) is 0 Å². The Hall–Kier alpha value is -4.24. The summed E-state index contributed by atoms with van der Waals surface area (Å²) < 4.78 is 17.9. The van der Waals surface area contributed by atoms with Gasteiger partial charge in [-0.05, 0) is 43.2 Å². The maximum atomic E-state index is 13.6. The van der Waals surface area contributed by atoms with E-state index in [1.54, 1.807) is 38.1 Å². The minimum atomic E-state index is -0.809. The highest BCUT2D eigenvalue weighted by atomic mass is 32.1. The van der Waals surface area contributed by atoms with Gasteiger partial charge in [0.15, 0.2) is 16.3 Å². The number of methoxy groups -OCH3 is 1. The Morgan fingerprint density at radius 3 is 2.57 bits per heavy atom. The van der Waals surface area contributed by atoms with Gasteiger partial charge >= 0.3 is 11.9 Å². The molecule has 0 saturated heterocycles. The second-order valence-corrected chi connectivity index (χ2v) is 9.11. The first-order chi connectivity index (χ1) is 17.8. The summed E-state index contributed by atoms with van der Waals surface area (Å²) in [6, 6.07) is 13.8. The molecule has 37 heavy (non-hydrogen) atoms. The zero-order valence-corrected chi connectivity index (χ0v) is 21.7. The number of hydrogen-bond donors (Lipinski definition) is 0. The van der Waals surface area contributed by atoms with Gasteiger partial charge in [-0.3, -0.25) is 14.2 Å². The molecular formula is C28H26N2O6S. The average molecular weight is 519 g/mol. The van der Waals surface area contributed by atoms with Crippen molar-refractivity contribution < 1.29 is 23.8 Å². The van der Waals surface area contributed by atoms with E-state index in [1.165, 1.54) is 29.9 Å². The van der Waals surface area contributed by atoms with Gasteiger partial charge in [0, 0.05) is 6.92 Å². The molecule has 190 valence electrons. The third-order valence-corrected chi connectivity index (χ3v) is 6.61. The molecule has 0 saturated carbocycles. The fraction of sp³-hybridized carbons (Fsp3) is 0.214. The molecular weight excluding hydrogens is 492 g/mol. The lowest BCUT2D eigenvalue weighted by Crippen LogP contribution is -2.39. The predicted octanol–water partition coefficient (Wildman–Crippen LogP) is 3.40. The van der Waals surface area contributed by atoms with Crippen molar-refractivity contribution in [1.29, 1.82) is 0 Å². The van der Waals surface area contributed by atoms with Crippen LogP contribution in [0.1, 0.15) is 37.9 Å². The Kier molecular flexibility index (Phi) is 7.83. The number of benzene rings is 2. The Bertz CT molecular complexity index is 1580. The van der Waals surface area contributed by atoms with Gasteiger partial charge < -0.3 is 14.2 Å². The van der Waals surface area contributed by atoms with E-state index in [-0.39, 0.29) is 23.5 Å². The van der Waals surface area contributed by atoms with Crippen LogP contribution in [0.15, 0.2) is 75.7 Å². The van der Waals surface area contributed by atoms with Crippen molar-refractivity contribution in [3.8, 4) is 11.5 Å². The van der Waals surface area contributed by atoms with E-state index in [9.17, 15) is 14.4 Å². The van der Waals surface area contributed by atoms with Crippen LogP contribution in [-0.4, -0.2) is 30.2 Å². The van der Waals surface area contributed by atoms with Crippen LogP contribution in [0, 0.1) is 0 Å². The number of aromatic nitrogens is 1. The van der Waals surface area contributed by atoms with Gasteiger partial charge in [0.05, 0.1) is 35.6 Å². The molecule has 1 aliphatic heterocycles.